The Kier molecular flexibility index (Phi) is 8.24. The molecule has 0 aliphatic heterocycles. The first kappa shape index (κ1) is 28.5. The third-order valence-corrected chi connectivity index (χ3v) is 8.97. The maximum atomic E-state index is 6.54. The molecule has 2 unspecified atom stereocenters. The van der Waals surface area contributed by atoms with E-state index in [1.54, 1.807) is 0 Å². The van der Waals surface area contributed by atoms with E-state index in [0.717, 1.165) is 66.0 Å². The predicted molar refractivity (Wildman–Crippen MR) is 175 cm³/mol. The molecule has 2 atom stereocenters. The lowest BCUT2D eigenvalue weighted by Gasteiger charge is -2.34. The minimum Gasteiger partial charge on any atom is -0.341 e. The van der Waals surface area contributed by atoms with Crippen molar-refractivity contribution in [3.8, 4) is 0 Å². The fourth-order valence-electron chi connectivity index (χ4n) is 6.49. The highest BCUT2D eigenvalue weighted by Crippen LogP contribution is 2.35. The molecule has 1 aliphatic carbocycles. The Labute approximate surface area is 262 Å². The summed E-state index contributed by atoms with van der Waals surface area (Å²) in [6, 6.07) is 32.0. The smallest absolute Gasteiger partial charge is 0.129 e. The largest absolute Gasteiger partial charge is 0.341 e. The minimum atomic E-state index is -0.0692. The number of aromatic nitrogens is 5. The molecule has 7 nitrogen and oxygen atoms in total. The van der Waals surface area contributed by atoms with Crippen molar-refractivity contribution in [2.45, 2.75) is 57.9 Å². The zero-order valence-corrected chi connectivity index (χ0v) is 25.6. The van der Waals surface area contributed by atoms with Gasteiger partial charge >= 0.3 is 0 Å². The second-order valence-corrected chi connectivity index (χ2v) is 12.0. The number of H-pyrrole nitrogens is 2. The summed E-state index contributed by atoms with van der Waals surface area (Å²) in [6.45, 7) is 4.22. The van der Waals surface area contributed by atoms with Gasteiger partial charge in [0.25, 0.3) is 0 Å². The van der Waals surface area contributed by atoms with Crippen molar-refractivity contribution in [2.24, 2.45) is 0 Å². The predicted octanol–water partition coefficient (Wildman–Crippen LogP) is 7.60. The highest BCUT2D eigenvalue weighted by Gasteiger charge is 2.28. The molecule has 8 heteroatoms. The van der Waals surface area contributed by atoms with Crippen LogP contribution in [0.5, 0.6) is 0 Å². The number of pyridine rings is 1. The molecular formula is C36H36ClN7. The fraction of sp³-hybridized carbons (Fsp3) is 0.250. The van der Waals surface area contributed by atoms with E-state index in [-0.39, 0.29) is 12.1 Å². The van der Waals surface area contributed by atoms with Crippen LogP contribution in [0, 0.1) is 6.92 Å². The first-order valence-electron chi connectivity index (χ1n) is 15.3. The van der Waals surface area contributed by atoms with E-state index in [1.165, 1.54) is 22.4 Å². The molecule has 0 bridgehead atoms. The zero-order valence-electron chi connectivity index (χ0n) is 24.8. The minimum absolute atomic E-state index is 0.0692. The van der Waals surface area contributed by atoms with Crippen molar-refractivity contribution in [1.29, 1.82) is 0 Å². The lowest BCUT2D eigenvalue weighted by molar-refractivity contribution is 0.153. The van der Waals surface area contributed by atoms with Crippen molar-refractivity contribution in [3.05, 3.63) is 147 Å². The third kappa shape index (κ3) is 6.04. The summed E-state index contributed by atoms with van der Waals surface area (Å²) in [7, 11) is 0. The molecule has 0 amide bonds. The number of fused-ring (bicyclic) bond motifs is 2. The molecule has 0 saturated heterocycles. The normalized spacial score (nSPS) is 15.5. The summed E-state index contributed by atoms with van der Waals surface area (Å²) < 4.78 is 0. The van der Waals surface area contributed by atoms with Crippen LogP contribution in [0.4, 0.5) is 0 Å². The number of halogens is 1. The van der Waals surface area contributed by atoms with Crippen LogP contribution in [0.2, 0.25) is 5.15 Å². The molecule has 3 aromatic heterocycles. The third-order valence-electron chi connectivity index (χ3n) is 8.69. The highest BCUT2D eigenvalue weighted by atomic mass is 35.5. The molecule has 0 fully saturated rings. The number of imidazole rings is 1. The van der Waals surface area contributed by atoms with Crippen LogP contribution in [0.1, 0.15) is 70.0 Å². The quantitative estimate of drug-likeness (QED) is 0.150. The molecule has 7 rings (SSSR count). The Morgan fingerprint density at radius 3 is 2.52 bits per heavy atom. The summed E-state index contributed by atoms with van der Waals surface area (Å²) >= 11 is 6.54. The first-order chi connectivity index (χ1) is 21.6. The number of hydrogen-bond acceptors (Lipinski definition) is 5. The van der Waals surface area contributed by atoms with Gasteiger partial charge in [0.05, 0.1) is 41.0 Å². The molecule has 3 heterocycles. The summed E-state index contributed by atoms with van der Waals surface area (Å²) in [6.07, 6.45) is 5.27. The number of aryl methyl sites for hydroxylation is 2. The summed E-state index contributed by atoms with van der Waals surface area (Å²) in [4.78, 5) is 15.9. The van der Waals surface area contributed by atoms with E-state index in [4.69, 9.17) is 21.6 Å². The Morgan fingerprint density at radius 1 is 0.932 bits per heavy atom. The van der Waals surface area contributed by atoms with Crippen LogP contribution in [0.15, 0.2) is 97.2 Å². The van der Waals surface area contributed by atoms with Gasteiger partial charge in [-0.15, -0.1) is 0 Å². The summed E-state index contributed by atoms with van der Waals surface area (Å²) in [5.41, 5.74) is 10.1. The Bertz CT molecular complexity index is 1790. The van der Waals surface area contributed by atoms with Crippen molar-refractivity contribution < 1.29 is 0 Å². The molecule has 6 aromatic rings. The number of aromatic amines is 2. The molecule has 0 spiro atoms. The van der Waals surface area contributed by atoms with Crippen LogP contribution >= 0.6 is 11.6 Å². The van der Waals surface area contributed by atoms with Crippen LogP contribution < -0.4 is 5.32 Å². The number of benzene rings is 3. The lowest BCUT2D eigenvalue weighted by Crippen LogP contribution is -2.31. The topological polar surface area (TPSA) is 85.5 Å². The number of para-hydroxylation sites is 2. The maximum Gasteiger partial charge on any atom is 0.129 e. The summed E-state index contributed by atoms with van der Waals surface area (Å²) in [5, 5.41) is 11.6. The Morgan fingerprint density at radius 2 is 1.73 bits per heavy atom. The molecule has 0 radical (unpaired) electrons. The van der Waals surface area contributed by atoms with E-state index >= 15 is 0 Å². The van der Waals surface area contributed by atoms with Gasteiger partial charge in [-0.25, -0.2) is 4.98 Å². The van der Waals surface area contributed by atoms with Gasteiger partial charge in [-0.1, -0.05) is 84.4 Å². The van der Waals surface area contributed by atoms with Gasteiger partial charge in [0.15, 0.2) is 0 Å². The van der Waals surface area contributed by atoms with E-state index in [0.29, 0.717) is 11.7 Å². The first-order valence-corrected chi connectivity index (χ1v) is 15.7. The van der Waals surface area contributed by atoms with Crippen LogP contribution in [-0.4, -0.2) is 30.0 Å². The molecule has 1 aliphatic rings. The fourth-order valence-corrected chi connectivity index (χ4v) is 6.77. The van der Waals surface area contributed by atoms with E-state index in [9.17, 15) is 0 Å². The van der Waals surface area contributed by atoms with Gasteiger partial charge in [0.2, 0.25) is 0 Å². The van der Waals surface area contributed by atoms with Crippen LogP contribution in [0.3, 0.4) is 0 Å². The molecule has 3 N–H and O–H groups in total. The number of hydrogen-bond donors (Lipinski definition) is 3. The zero-order chi connectivity index (χ0) is 29.9. The van der Waals surface area contributed by atoms with Gasteiger partial charge in [-0.05, 0) is 66.6 Å². The second kappa shape index (κ2) is 12.7. The number of rotatable bonds is 10. The Hall–Kier alpha value is -4.30. The van der Waals surface area contributed by atoms with Gasteiger partial charge in [-0.3, -0.25) is 15.0 Å². The highest BCUT2D eigenvalue weighted by molar-refractivity contribution is 6.30. The van der Waals surface area contributed by atoms with Crippen molar-refractivity contribution in [3.63, 3.8) is 0 Å². The van der Waals surface area contributed by atoms with E-state index in [2.05, 4.69) is 98.2 Å². The van der Waals surface area contributed by atoms with Gasteiger partial charge in [-0.2, -0.15) is 5.10 Å². The maximum absolute atomic E-state index is 6.54. The standard InChI is InChI=1S/C36H36ClN7/c1-24-33(36(37)43-42-24)35(28-9-3-2-4-10-28)39-21-25-16-18-26(19-17-25)22-44(23-32-40-29-13-5-6-14-30(29)41-32)31-15-7-11-27-12-8-20-38-34(27)31/h2-6,8-10,12-14,16-20,31,35,39H,7,11,15,21-23H2,1H3,(H,40,41)(H,42,43). The average molecular weight is 602 g/mol. The molecule has 3 aromatic carbocycles. The van der Waals surface area contributed by atoms with Crippen molar-refractivity contribution in [2.75, 3.05) is 0 Å². The Balaban J connectivity index is 1.11. The number of nitrogens with one attached hydrogen (secondary N) is 3. The van der Waals surface area contributed by atoms with Gasteiger partial charge < -0.3 is 10.3 Å². The molecular weight excluding hydrogens is 566 g/mol. The van der Waals surface area contributed by atoms with Crippen molar-refractivity contribution >= 4 is 22.6 Å². The molecule has 222 valence electrons. The summed E-state index contributed by atoms with van der Waals surface area (Å²) in [5.74, 6) is 0.982. The monoisotopic (exact) mass is 601 g/mol. The van der Waals surface area contributed by atoms with Crippen molar-refractivity contribution in [1.82, 2.24) is 35.4 Å². The van der Waals surface area contributed by atoms with Crippen LogP contribution in [-0.2, 0) is 26.1 Å². The van der Waals surface area contributed by atoms with E-state index in [1.807, 2.05) is 31.3 Å². The van der Waals surface area contributed by atoms with Gasteiger partial charge in [0, 0.05) is 24.8 Å². The lowest BCUT2D eigenvalue weighted by atomic mass is 9.90. The van der Waals surface area contributed by atoms with E-state index < -0.39 is 0 Å². The molecule has 0 saturated carbocycles. The second-order valence-electron chi connectivity index (χ2n) is 11.6. The average Bonchev–Trinajstić information content (AvgIpc) is 3.63. The molecule has 44 heavy (non-hydrogen) atoms. The van der Waals surface area contributed by atoms with Crippen LogP contribution in [0.25, 0.3) is 11.0 Å². The van der Waals surface area contributed by atoms with Gasteiger partial charge in [0.1, 0.15) is 11.0 Å². The SMILES string of the molecule is Cc1n[nH]c(Cl)c1C(NCc1ccc(CN(Cc2nc3ccccc3[nH]2)C2CCCc3cccnc32)cc1)c1ccccc1. The number of nitrogens with zero attached hydrogens (tertiary/aromatic N) is 4.